The van der Waals surface area contributed by atoms with Crippen LogP contribution in [0, 0.1) is 0 Å². The van der Waals surface area contributed by atoms with Gasteiger partial charge in [-0.1, -0.05) is 23.2 Å². The number of hydrogen-bond donors (Lipinski definition) is 2. The van der Waals surface area contributed by atoms with Crippen LogP contribution in [0.3, 0.4) is 0 Å². The van der Waals surface area contributed by atoms with Crippen LogP contribution in [0.4, 0.5) is 0 Å². The smallest absolute Gasteiger partial charge is 0.335 e. The maximum Gasteiger partial charge on any atom is 0.335 e. The molecule has 0 radical (unpaired) electrons. The van der Waals surface area contributed by atoms with Gasteiger partial charge in [-0.3, -0.25) is 0 Å². The summed E-state index contributed by atoms with van der Waals surface area (Å²) in [6, 6.07) is 8.48. The summed E-state index contributed by atoms with van der Waals surface area (Å²) in [6.45, 7) is -0.000634. The molecular formula is C15H10Cl2O5. The number of carbonyl (C=O) groups is 2. The lowest BCUT2D eigenvalue weighted by molar-refractivity contribution is 0.0696. The molecule has 0 aliphatic rings. The fraction of sp³-hybridized carbons (Fsp3) is 0.0667. The molecule has 0 unspecified atom stereocenters. The zero-order valence-corrected chi connectivity index (χ0v) is 12.6. The van der Waals surface area contributed by atoms with Gasteiger partial charge >= 0.3 is 11.9 Å². The SMILES string of the molecule is O=C(O)c1cc(COc2ccc(Cl)c(Cl)c2)cc(C(=O)O)c1. The van der Waals surface area contributed by atoms with E-state index in [1.54, 1.807) is 12.1 Å². The second kappa shape index (κ2) is 6.68. The molecule has 0 aromatic heterocycles. The molecule has 2 aromatic rings. The summed E-state index contributed by atoms with van der Waals surface area (Å²) in [7, 11) is 0. The van der Waals surface area contributed by atoms with E-state index in [1.165, 1.54) is 18.2 Å². The van der Waals surface area contributed by atoms with Crippen molar-refractivity contribution in [3.05, 3.63) is 63.1 Å². The molecule has 0 atom stereocenters. The van der Waals surface area contributed by atoms with Crippen molar-refractivity contribution < 1.29 is 24.5 Å². The predicted octanol–water partition coefficient (Wildman–Crippen LogP) is 3.97. The number of benzene rings is 2. The summed E-state index contributed by atoms with van der Waals surface area (Å²) in [5.74, 6) is -1.98. The van der Waals surface area contributed by atoms with Crippen molar-refractivity contribution in [2.75, 3.05) is 0 Å². The molecule has 5 nitrogen and oxygen atoms in total. The van der Waals surface area contributed by atoms with Gasteiger partial charge in [-0.15, -0.1) is 0 Å². The van der Waals surface area contributed by atoms with Crippen molar-refractivity contribution in [2.45, 2.75) is 6.61 Å². The minimum atomic E-state index is -1.21. The monoisotopic (exact) mass is 340 g/mol. The van der Waals surface area contributed by atoms with Crippen LogP contribution in [0.1, 0.15) is 26.3 Å². The highest BCUT2D eigenvalue weighted by atomic mass is 35.5. The van der Waals surface area contributed by atoms with E-state index in [-0.39, 0.29) is 17.7 Å². The van der Waals surface area contributed by atoms with Crippen molar-refractivity contribution in [3.8, 4) is 5.75 Å². The fourth-order valence-corrected chi connectivity index (χ4v) is 2.04. The molecule has 0 amide bonds. The van der Waals surface area contributed by atoms with Gasteiger partial charge in [-0.25, -0.2) is 9.59 Å². The average Bonchev–Trinajstić information content (AvgIpc) is 2.48. The Morgan fingerprint density at radius 3 is 2.00 bits per heavy atom. The van der Waals surface area contributed by atoms with Crippen molar-refractivity contribution in [2.24, 2.45) is 0 Å². The van der Waals surface area contributed by atoms with Gasteiger partial charge in [0.1, 0.15) is 12.4 Å². The fourth-order valence-electron chi connectivity index (χ4n) is 1.76. The van der Waals surface area contributed by atoms with Gasteiger partial charge in [0, 0.05) is 6.07 Å². The van der Waals surface area contributed by atoms with E-state index in [4.69, 9.17) is 38.2 Å². The summed E-state index contributed by atoms with van der Waals surface area (Å²) in [4.78, 5) is 22.0. The van der Waals surface area contributed by atoms with Crippen LogP contribution in [0.25, 0.3) is 0 Å². The molecule has 0 bridgehead atoms. The van der Waals surface area contributed by atoms with Crippen LogP contribution in [0.15, 0.2) is 36.4 Å². The van der Waals surface area contributed by atoms with Crippen LogP contribution >= 0.6 is 23.2 Å². The van der Waals surface area contributed by atoms with Gasteiger partial charge in [0.2, 0.25) is 0 Å². The molecule has 2 N–H and O–H groups in total. The Balaban J connectivity index is 2.23. The van der Waals surface area contributed by atoms with E-state index >= 15 is 0 Å². The quantitative estimate of drug-likeness (QED) is 0.860. The molecule has 7 heteroatoms. The number of aromatic carboxylic acids is 2. The number of rotatable bonds is 5. The van der Waals surface area contributed by atoms with Crippen LogP contribution in [0.2, 0.25) is 10.0 Å². The molecule has 0 saturated carbocycles. The van der Waals surface area contributed by atoms with E-state index in [1.807, 2.05) is 0 Å². The van der Waals surface area contributed by atoms with Crippen LogP contribution < -0.4 is 4.74 Å². The first-order chi connectivity index (χ1) is 10.4. The highest BCUT2D eigenvalue weighted by Gasteiger charge is 2.12. The maximum absolute atomic E-state index is 11.0. The Labute approximate surface area is 135 Å². The van der Waals surface area contributed by atoms with E-state index in [9.17, 15) is 9.59 Å². The minimum absolute atomic E-state index is 0.000634. The van der Waals surface area contributed by atoms with E-state index in [2.05, 4.69) is 0 Å². The summed E-state index contributed by atoms with van der Waals surface area (Å²) in [5.41, 5.74) is 0.184. The predicted molar refractivity (Wildman–Crippen MR) is 81.2 cm³/mol. The summed E-state index contributed by atoms with van der Waals surface area (Å²) < 4.78 is 5.47. The summed E-state index contributed by atoms with van der Waals surface area (Å²) in [5, 5.41) is 18.7. The first-order valence-electron chi connectivity index (χ1n) is 6.05. The Bertz CT molecular complexity index is 710. The van der Waals surface area contributed by atoms with Crippen LogP contribution in [0.5, 0.6) is 5.75 Å². The van der Waals surface area contributed by atoms with Gasteiger partial charge in [-0.05, 0) is 35.9 Å². The third kappa shape index (κ3) is 3.90. The highest BCUT2D eigenvalue weighted by molar-refractivity contribution is 6.42. The first kappa shape index (κ1) is 16.1. The molecule has 0 fully saturated rings. The summed E-state index contributed by atoms with van der Waals surface area (Å²) in [6.07, 6.45) is 0. The van der Waals surface area contributed by atoms with Crippen LogP contribution in [-0.2, 0) is 6.61 Å². The third-order valence-corrected chi connectivity index (χ3v) is 3.52. The van der Waals surface area contributed by atoms with Crippen molar-refractivity contribution in [3.63, 3.8) is 0 Å². The van der Waals surface area contributed by atoms with Gasteiger partial charge in [0.25, 0.3) is 0 Å². The lowest BCUT2D eigenvalue weighted by Crippen LogP contribution is -2.06. The first-order valence-corrected chi connectivity index (χ1v) is 6.81. The zero-order chi connectivity index (χ0) is 16.3. The number of carboxylic acid groups (broad SMARTS) is 2. The number of hydrogen-bond acceptors (Lipinski definition) is 3. The Morgan fingerprint density at radius 1 is 0.909 bits per heavy atom. The Hall–Kier alpha value is -2.24. The average molecular weight is 341 g/mol. The lowest BCUT2D eigenvalue weighted by atomic mass is 10.1. The molecule has 2 rings (SSSR count). The van der Waals surface area contributed by atoms with Crippen molar-refractivity contribution in [1.29, 1.82) is 0 Å². The Morgan fingerprint density at radius 2 is 1.50 bits per heavy atom. The second-order valence-electron chi connectivity index (χ2n) is 4.39. The van der Waals surface area contributed by atoms with Gasteiger partial charge in [0.15, 0.2) is 0 Å². The molecule has 0 saturated heterocycles. The molecule has 0 aliphatic carbocycles. The molecular weight excluding hydrogens is 331 g/mol. The standard InChI is InChI=1S/C15H10Cl2O5/c16-12-2-1-11(6-13(12)17)22-7-8-3-9(14(18)19)5-10(4-8)15(20)21/h1-6H,7H2,(H,18,19)(H,20,21). The molecule has 0 spiro atoms. The molecule has 22 heavy (non-hydrogen) atoms. The third-order valence-electron chi connectivity index (χ3n) is 2.78. The number of halogens is 2. The molecule has 2 aromatic carbocycles. The summed E-state index contributed by atoms with van der Waals surface area (Å²) >= 11 is 11.7. The molecule has 0 heterocycles. The van der Waals surface area contributed by atoms with Crippen LogP contribution in [-0.4, -0.2) is 22.2 Å². The zero-order valence-electron chi connectivity index (χ0n) is 11.0. The normalized spacial score (nSPS) is 10.3. The molecule has 114 valence electrons. The number of ether oxygens (including phenoxy) is 1. The maximum atomic E-state index is 11.0. The van der Waals surface area contributed by atoms with Gasteiger partial charge < -0.3 is 14.9 Å². The Kier molecular flexibility index (Phi) is 4.90. The van der Waals surface area contributed by atoms with Gasteiger partial charge in [0.05, 0.1) is 21.2 Å². The molecule has 0 aliphatic heterocycles. The van der Waals surface area contributed by atoms with Crippen molar-refractivity contribution in [1.82, 2.24) is 0 Å². The van der Waals surface area contributed by atoms with Gasteiger partial charge in [-0.2, -0.15) is 0 Å². The second-order valence-corrected chi connectivity index (χ2v) is 5.21. The highest BCUT2D eigenvalue weighted by Crippen LogP contribution is 2.27. The number of carboxylic acids is 2. The van der Waals surface area contributed by atoms with E-state index in [0.717, 1.165) is 6.07 Å². The van der Waals surface area contributed by atoms with Crippen molar-refractivity contribution >= 4 is 35.1 Å². The van der Waals surface area contributed by atoms with E-state index in [0.29, 0.717) is 21.4 Å². The largest absolute Gasteiger partial charge is 0.489 e. The minimum Gasteiger partial charge on any atom is -0.489 e. The topological polar surface area (TPSA) is 83.8 Å². The lowest BCUT2D eigenvalue weighted by Gasteiger charge is -2.09. The van der Waals surface area contributed by atoms with E-state index < -0.39 is 11.9 Å².